The third-order valence-electron chi connectivity index (χ3n) is 4.71. The Balaban J connectivity index is 1.81. The van der Waals surface area contributed by atoms with Crippen molar-refractivity contribution in [3.63, 3.8) is 0 Å². The molecule has 0 bridgehead atoms. The molecule has 1 aromatic carbocycles. The Bertz CT molecular complexity index is 673. The number of carbonyl (C=O) groups excluding carboxylic acids is 3. The van der Waals surface area contributed by atoms with Crippen LogP contribution in [0.25, 0.3) is 0 Å². The summed E-state index contributed by atoms with van der Waals surface area (Å²) in [7, 11) is 0. The molecule has 0 atom stereocenters. The van der Waals surface area contributed by atoms with Gasteiger partial charge in [-0.05, 0) is 36.8 Å². The summed E-state index contributed by atoms with van der Waals surface area (Å²) in [6.07, 6.45) is 6.55. The van der Waals surface area contributed by atoms with Gasteiger partial charge in [0.05, 0.1) is 11.3 Å². The molecule has 0 heterocycles. The van der Waals surface area contributed by atoms with Crippen LogP contribution in [-0.2, 0) is 9.59 Å². The molecule has 154 valence electrons. The van der Waals surface area contributed by atoms with Crippen molar-refractivity contribution in [2.45, 2.75) is 57.3 Å². The molecule has 0 aromatic heterocycles. The molecule has 0 saturated heterocycles. The van der Waals surface area contributed by atoms with Gasteiger partial charge in [-0.25, -0.2) is 0 Å². The highest BCUT2D eigenvalue weighted by Gasteiger charge is 2.16. The van der Waals surface area contributed by atoms with Crippen LogP contribution < -0.4 is 16.2 Å². The van der Waals surface area contributed by atoms with Gasteiger partial charge in [-0.15, -0.1) is 11.8 Å². The Kier molecular flexibility index (Phi) is 9.34. The lowest BCUT2D eigenvalue weighted by Gasteiger charge is -2.21. The summed E-state index contributed by atoms with van der Waals surface area (Å²) >= 11 is 1.33. The zero-order valence-electron chi connectivity index (χ0n) is 16.8. The molecule has 6 nitrogen and oxygen atoms in total. The Labute approximate surface area is 171 Å². The lowest BCUT2D eigenvalue weighted by atomic mass is 9.89. The molecule has 1 aliphatic rings. The number of rotatable bonds is 8. The molecular formula is C21H31N3O3S. The van der Waals surface area contributed by atoms with E-state index in [0.717, 1.165) is 6.54 Å². The van der Waals surface area contributed by atoms with Crippen LogP contribution in [-0.4, -0.2) is 30.0 Å². The smallest absolute Gasteiger partial charge is 0.270 e. The van der Waals surface area contributed by atoms with Gasteiger partial charge in [-0.3, -0.25) is 25.2 Å². The van der Waals surface area contributed by atoms with Crippen LogP contribution in [0.4, 0.5) is 0 Å². The fourth-order valence-corrected chi connectivity index (χ4v) is 4.12. The molecule has 1 aliphatic carbocycles. The monoisotopic (exact) mass is 405 g/mol. The van der Waals surface area contributed by atoms with Gasteiger partial charge in [0.15, 0.2) is 0 Å². The van der Waals surface area contributed by atoms with E-state index in [1.165, 1.54) is 43.9 Å². The predicted octanol–water partition coefficient (Wildman–Crippen LogP) is 3.28. The minimum atomic E-state index is -0.386. The van der Waals surface area contributed by atoms with Crippen molar-refractivity contribution >= 4 is 29.5 Å². The Morgan fingerprint density at radius 2 is 1.75 bits per heavy atom. The molecular weight excluding hydrogens is 374 g/mol. The summed E-state index contributed by atoms with van der Waals surface area (Å²) < 4.78 is 0. The Hall–Kier alpha value is -2.02. The topological polar surface area (TPSA) is 87.3 Å². The maximum Gasteiger partial charge on any atom is 0.270 e. The van der Waals surface area contributed by atoms with Crippen molar-refractivity contribution in [1.82, 2.24) is 16.2 Å². The zero-order valence-corrected chi connectivity index (χ0v) is 17.6. The average molecular weight is 406 g/mol. The van der Waals surface area contributed by atoms with Gasteiger partial charge < -0.3 is 5.32 Å². The second-order valence-corrected chi connectivity index (χ2v) is 8.71. The van der Waals surface area contributed by atoms with E-state index >= 15 is 0 Å². The van der Waals surface area contributed by atoms with Crippen molar-refractivity contribution in [2.24, 2.45) is 11.8 Å². The lowest BCUT2D eigenvalue weighted by Crippen LogP contribution is -2.42. The van der Waals surface area contributed by atoms with Crippen LogP contribution in [0.1, 0.15) is 62.7 Å². The number of amides is 3. The number of benzene rings is 1. The van der Waals surface area contributed by atoms with Gasteiger partial charge in [-0.1, -0.05) is 45.2 Å². The van der Waals surface area contributed by atoms with Gasteiger partial charge >= 0.3 is 0 Å². The number of hydrazine groups is 1. The number of nitrogens with one attached hydrogen (secondary N) is 3. The van der Waals surface area contributed by atoms with E-state index in [9.17, 15) is 14.4 Å². The van der Waals surface area contributed by atoms with Crippen molar-refractivity contribution < 1.29 is 14.4 Å². The maximum atomic E-state index is 12.4. The Morgan fingerprint density at radius 3 is 2.46 bits per heavy atom. The molecule has 3 N–H and O–H groups in total. The molecule has 1 saturated carbocycles. The molecule has 28 heavy (non-hydrogen) atoms. The van der Waals surface area contributed by atoms with Crippen molar-refractivity contribution in [3.05, 3.63) is 29.8 Å². The zero-order chi connectivity index (χ0) is 20.4. The van der Waals surface area contributed by atoms with E-state index in [-0.39, 0.29) is 29.4 Å². The summed E-state index contributed by atoms with van der Waals surface area (Å²) in [5, 5.41) is 3.01. The van der Waals surface area contributed by atoms with Crippen LogP contribution >= 0.6 is 11.8 Å². The van der Waals surface area contributed by atoms with E-state index in [4.69, 9.17) is 0 Å². The first-order chi connectivity index (χ1) is 13.5. The number of hydrogen-bond acceptors (Lipinski definition) is 4. The predicted molar refractivity (Wildman–Crippen MR) is 112 cm³/mol. The van der Waals surface area contributed by atoms with Gasteiger partial charge in [0, 0.05) is 17.9 Å². The van der Waals surface area contributed by atoms with Crippen LogP contribution in [0.2, 0.25) is 0 Å². The summed E-state index contributed by atoms with van der Waals surface area (Å²) in [5.41, 5.74) is 5.32. The molecule has 0 radical (unpaired) electrons. The van der Waals surface area contributed by atoms with E-state index < -0.39 is 0 Å². The second-order valence-electron chi connectivity index (χ2n) is 7.69. The molecule has 0 spiro atoms. The molecule has 3 amide bonds. The molecule has 0 aliphatic heterocycles. The molecule has 1 aromatic rings. The minimum absolute atomic E-state index is 0.0176. The average Bonchev–Trinajstić information content (AvgIpc) is 2.69. The molecule has 1 fully saturated rings. The van der Waals surface area contributed by atoms with Crippen LogP contribution in [0.15, 0.2) is 29.2 Å². The molecule has 7 heteroatoms. The summed E-state index contributed by atoms with van der Waals surface area (Å²) in [4.78, 5) is 37.0. The fraction of sp³-hybridized carbons (Fsp3) is 0.571. The van der Waals surface area contributed by atoms with Crippen LogP contribution in [0.3, 0.4) is 0 Å². The van der Waals surface area contributed by atoms with E-state index in [2.05, 4.69) is 16.2 Å². The van der Waals surface area contributed by atoms with Gasteiger partial charge in [0.1, 0.15) is 0 Å². The number of carbonyl (C=O) groups is 3. The highest BCUT2D eigenvalue weighted by molar-refractivity contribution is 8.00. The summed E-state index contributed by atoms with van der Waals surface area (Å²) in [6.45, 7) is 4.61. The molecule has 0 unspecified atom stereocenters. The largest absolute Gasteiger partial charge is 0.355 e. The van der Waals surface area contributed by atoms with E-state index in [1.807, 2.05) is 26.0 Å². The Morgan fingerprint density at radius 1 is 1.04 bits per heavy atom. The van der Waals surface area contributed by atoms with Crippen molar-refractivity contribution in [3.8, 4) is 0 Å². The van der Waals surface area contributed by atoms with Crippen molar-refractivity contribution in [1.29, 1.82) is 0 Å². The number of hydrogen-bond donors (Lipinski definition) is 3. The number of thioether (sulfide) groups is 1. The van der Waals surface area contributed by atoms with Gasteiger partial charge in [0.25, 0.3) is 5.91 Å². The minimum Gasteiger partial charge on any atom is -0.355 e. The van der Waals surface area contributed by atoms with E-state index in [1.54, 1.807) is 12.1 Å². The summed E-state index contributed by atoms with van der Waals surface area (Å²) in [6, 6.07) is 7.09. The van der Waals surface area contributed by atoms with Crippen LogP contribution in [0, 0.1) is 11.8 Å². The SMILES string of the molecule is CC(C)CC(=O)NNC(=O)c1ccccc1SCC(=O)NCC1CCCCC1. The highest BCUT2D eigenvalue weighted by Crippen LogP contribution is 2.24. The normalized spacial score (nSPS) is 14.5. The third kappa shape index (κ3) is 7.92. The highest BCUT2D eigenvalue weighted by atomic mass is 32.2. The van der Waals surface area contributed by atoms with Gasteiger partial charge in [0.2, 0.25) is 11.8 Å². The fourth-order valence-electron chi connectivity index (χ4n) is 3.24. The lowest BCUT2D eigenvalue weighted by molar-refractivity contribution is -0.122. The maximum absolute atomic E-state index is 12.4. The first kappa shape index (κ1) is 22.3. The quantitative estimate of drug-likeness (QED) is 0.457. The standard InChI is InChI=1S/C21H31N3O3S/c1-15(2)12-19(25)23-24-21(27)17-10-6-7-11-18(17)28-14-20(26)22-13-16-8-4-3-5-9-16/h6-7,10-11,15-16H,3-5,8-9,12-14H2,1-2H3,(H,22,26)(H,23,25)(H,24,27). The van der Waals surface area contributed by atoms with E-state index in [0.29, 0.717) is 22.8 Å². The third-order valence-corrected chi connectivity index (χ3v) is 5.79. The van der Waals surface area contributed by atoms with Gasteiger partial charge in [-0.2, -0.15) is 0 Å². The first-order valence-electron chi connectivity index (χ1n) is 10.0. The van der Waals surface area contributed by atoms with Crippen molar-refractivity contribution in [2.75, 3.05) is 12.3 Å². The first-order valence-corrected chi connectivity index (χ1v) is 11.0. The van der Waals surface area contributed by atoms with Crippen LogP contribution in [0.5, 0.6) is 0 Å². The second kappa shape index (κ2) is 11.7. The summed E-state index contributed by atoms with van der Waals surface area (Å²) in [5.74, 6) is 0.438. The molecule has 2 rings (SSSR count).